The zero-order valence-electron chi connectivity index (χ0n) is 20.4. The molecule has 4 rings (SSSR count). The van der Waals surface area contributed by atoms with Crippen LogP contribution in [0.5, 0.6) is 0 Å². The first-order valence-electron chi connectivity index (χ1n) is 12.4. The van der Waals surface area contributed by atoms with Gasteiger partial charge in [0, 0.05) is 43.6 Å². The summed E-state index contributed by atoms with van der Waals surface area (Å²) in [5.74, 6) is 2.01. The predicted octanol–water partition coefficient (Wildman–Crippen LogP) is 5.07. The van der Waals surface area contributed by atoms with E-state index in [1.54, 1.807) is 0 Å². The summed E-state index contributed by atoms with van der Waals surface area (Å²) in [6.07, 6.45) is 3.60. The molecule has 1 aromatic carbocycles. The summed E-state index contributed by atoms with van der Waals surface area (Å²) >= 11 is 7.83. The molecule has 0 radical (unpaired) electrons. The molecular formula is C26H33ClN4O3S. The third-order valence-electron chi connectivity index (χ3n) is 6.71. The third kappa shape index (κ3) is 6.88. The van der Waals surface area contributed by atoms with E-state index in [2.05, 4.69) is 16.8 Å². The number of ether oxygens (including phenoxy) is 1. The molecule has 0 atom stereocenters. The van der Waals surface area contributed by atoms with Gasteiger partial charge in [0.05, 0.1) is 12.5 Å². The van der Waals surface area contributed by atoms with Crippen molar-refractivity contribution in [2.45, 2.75) is 50.4 Å². The number of amides is 1. The van der Waals surface area contributed by atoms with E-state index in [1.165, 1.54) is 11.8 Å². The van der Waals surface area contributed by atoms with E-state index < -0.39 is 0 Å². The average Bonchev–Trinajstić information content (AvgIpc) is 2.87. The molecule has 0 aliphatic carbocycles. The molecule has 0 saturated carbocycles. The molecule has 35 heavy (non-hydrogen) atoms. The zero-order valence-corrected chi connectivity index (χ0v) is 22.0. The molecule has 2 aromatic rings. The van der Waals surface area contributed by atoms with Gasteiger partial charge in [0.2, 0.25) is 0 Å². The van der Waals surface area contributed by atoms with Crippen molar-refractivity contribution in [1.82, 2.24) is 14.9 Å². The Morgan fingerprint density at radius 1 is 1.09 bits per heavy atom. The number of piperidine rings is 2. The maximum Gasteiger partial charge on any atom is 0.309 e. The van der Waals surface area contributed by atoms with Gasteiger partial charge in [-0.25, -0.2) is 9.97 Å². The van der Waals surface area contributed by atoms with Crippen LogP contribution in [0.25, 0.3) is 0 Å². The number of carbonyl (C=O) groups is 2. The van der Waals surface area contributed by atoms with Gasteiger partial charge in [-0.1, -0.05) is 42.4 Å². The standard InChI is InChI=1S/C26H33ClN4O3S/c1-3-34-25(33)20-9-13-31(14-10-20)24(32)21-6-4-5-19(15-21)17-35-26-28-22(27)16-23(29-26)30-11-7-18(2)8-12-30/h4-6,15-16,18,20H,3,7-14,17H2,1-2H3. The summed E-state index contributed by atoms with van der Waals surface area (Å²) in [5, 5.41) is 1.09. The van der Waals surface area contributed by atoms with Crippen LogP contribution in [0.1, 0.15) is 55.5 Å². The van der Waals surface area contributed by atoms with Crippen molar-refractivity contribution < 1.29 is 14.3 Å². The molecule has 2 aliphatic rings. The lowest BCUT2D eigenvalue weighted by molar-refractivity contribution is -0.149. The summed E-state index contributed by atoms with van der Waals surface area (Å²) in [6, 6.07) is 9.54. The Morgan fingerprint density at radius 3 is 2.54 bits per heavy atom. The Kier molecular flexibility index (Phi) is 8.89. The van der Waals surface area contributed by atoms with Crippen LogP contribution in [-0.4, -0.2) is 59.5 Å². The number of hydrogen-bond donors (Lipinski definition) is 0. The Bertz CT molecular complexity index is 1040. The van der Waals surface area contributed by atoms with E-state index in [0.29, 0.717) is 54.2 Å². The molecule has 2 fully saturated rings. The van der Waals surface area contributed by atoms with Gasteiger partial charge in [0.1, 0.15) is 11.0 Å². The smallest absolute Gasteiger partial charge is 0.309 e. The summed E-state index contributed by atoms with van der Waals surface area (Å²) in [7, 11) is 0. The molecule has 188 valence electrons. The molecule has 0 bridgehead atoms. The van der Waals surface area contributed by atoms with Crippen molar-refractivity contribution in [3.05, 3.63) is 46.6 Å². The second-order valence-corrected chi connectivity index (χ2v) is 10.6. The van der Waals surface area contributed by atoms with E-state index in [9.17, 15) is 9.59 Å². The van der Waals surface area contributed by atoms with Crippen LogP contribution in [0.4, 0.5) is 5.82 Å². The number of esters is 1. The topological polar surface area (TPSA) is 75.6 Å². The van der Waals surface area contributed by atoms with Crippen LogP contribution >= 0.6 is 23.4 Å². The number of benzene rings is 1. The first-order chi connectivity index (χ1) is 16.9. The predicted molar refractivity (Wildman–Crippen MR) is 139 cm³/mol. The molecule has 2 aliphatic heterocycles. The molecule has 0 N–H and O–H groups in total. The molecule has 0 spiro atoms. The van der Waals surface area contributed by atoms with E-state index in [1.807, 2.05) is 42.2 Å². The zero-order chi connectivity index (χ0) is 24.8. The van der Waals surface area contributed by atoms with Crippen LogP contribution in [0.15, 0.2) is 35.5 Å². The molecule has 9 heteroatoms. The number of carbonyl (C=O) groups excluding carboxylic acids is 2. The Hall–Kier alpha value is -2.32. The number of rotatable bonds is 7. The molecular weight excluding hydrogens is 484 g/mol. The maximum absolute atomic E-state index is 13.1. The normalized spacial score (nSPS) is 17.5. The van der Waals surface area contributed by atoms with Crippen molar-refractivity contribution in [3.63, 3.8) is 0 Å². The second kappa shape index (κ2) is 12.1. The van der Waals surface area contributed by atoms with Crippen LogP contribution in [-0.2, 0) is 15.3 Å². The molecule has 0 unspecified atom stereocenters. The highest BCUT2D eigenvalue weighted by Gasteiger charge is 2.28. The molecule has 1 amide bonds. The molecule has 7 nitrogen and oxygen atoms in total. The Labute approximate surface area is 216 Å². The average molecular weight is 517 g/mol. The maximum atomic E-state index is 13.1. The van der Waals surface area contributed by atoms with Gasteiger partial charge in [0.25, 0.3) is 5.91 Å². The van der Waals surface area contributed by atoms with Gasteiger partial charge in [-0.3, -0.25) is 9.59 Å². The Morgan fingerprint density at radius 2 is 1.83 bits per heavy atom. The summed E-state index contributed by atoms with van der Waals surface area (Å²) in [4.78, 5) is 38.3. The molecule has 3 heterocycles. The lowest BCUT2D eigenvalue weighted by Gasteiger charge is -2.31. The number of hydrogen-bond acceptors (Lipinski definition) is 7. The fraction of sp³-hybridized carbons (Fsp3) is 0.538. The number of anilines is 1. The number of thioether (sulfide) groups is 1. The Balaban J connectivity index is 1.35. The summed E-state index contributed by atoms with van der Waals surface area (Å²) in [5.41, 5.74) is 1.69. The van der Waals surface area contributed by atoms with Crippen molar-refractivity contribution in [1.29, 1.82) is 0 Å². The summed E-state index contributed by atoms with van der Waals surface area (Å²) in [6.45, 7) is 7.59. The van der Waals surface area contributed by atoms with E-state index >= 15 is 0 Å². The SMILES string of the molecule is CCOC(=O)C1CCN(C(=O)c2cccc(CSc3nc(Cl)cc(N4CCC(C)CC4)n3)c2)CC1. The van der Waals surface area contributed by atoms with Crippen LogP contribution in [0.3, 0.4) is 0 Å². The largest absolute Gasteiger partial charge is 0.466 e. The van der Waals surface area contributed by atoms with Gasteiger partial charge in [0.15, 0.2) is 5.16 Å². The first-order valence-corrected chi connectivity index (χ1v) is 13.8. The van der Waals surface area contributed by atoms with Gasteiger partial charge >= 0.3 is 5.97 Å². The van der Waals surface area contributed by atoms with Gasteiger partial charge in [-0.15, -0.1) is 0 Å². The van der Waals surface area contributed by atoms with E-state index in [4.69, 9.17) is 21.3 Å². The van der Waals surface area contributed by atoms with Gasteiger partial charge in [-0.05, 0) is 56.2 Å². The molecule has 2 saturated heterocycles. The number of halogens is 1. The van der Waals surface area contributed by atoms with Gasteiger partial charge < -0.3 is 14.5 Å². The first kappa shape index (κ1) is 25.8. The summed E-state index contributed by atoms with van der Waals surface area (Å²) < 4.78 is 5.13. The second-order valence-electron chi connectivity index (χ2n) is 9.31. The number of aromatic nitrogens is 2. The number of likely N-dealkylation sites (tertiary alicyclic amines) is 1. The van der Waals surface area contributed by atoms with Gasteiger partial charge in [-0.2, -0.15) is 0 Å². The van der Waals surface area contributed by atoms with Crippen LogP contribution in [0, 0.1) is 11.8 Å². The minimum absolute atomic E-state index is 0.000206. The lowest BCUT2D eigenvalue weighted by atomic mass is 9.96. The molecule has 1 aromatic heterocycles. The van der Waals surface area contributed by atoms with Crippen LogP contribution < -0.4 is 4.90 Å². The van der Waals surface area contributed by atoms with Crippen molar-refractivity contribution in [2.75, 3.05) is 37.7 Å². The highest BCUT2D eigenvalue weighted by atomic mass is 35.5. The minimum Gasteiger partial charge on any atom is -0.466 e. The van der Waals surface area contributed by atoms with Crippen LogP contribution in [0.2, 0.25) is 5.15 Å². The van der Waals surface area contributed by atoms with E-state index in [-0.39, 0.29) is 17.8 Å². The fourth-order valence-electron chi connectivity index (χ4n) is 4.55. The van der Waals surface area contributed by atoms with Crippen molar-refractivity contribution in [2.24, 2.45) is 11.8 Å². The minimum atomic E-state index is -0.153. The fourth-order valence-corrected chi connectivity index (χ4v) is 5.58. The quantitative estimate of drug-likeness (QED) is 0.220. The highest BCUT2D eigenvalue weighted by molar-refractivity contribution is 7.98. The number of nitrogens with zero attached hydrogens (tertiary/aromatic N) is 4. The van der Waals surface area contributed by atoms with Crippen molar-refractivity contribution in [3.8, 4) is 0 Å². The van der Waals surface area contributed by atoms with Crippen molar-refractivity contribution >= 4 is 41.1 Å². The monoisotopic (exact) mass is 516 g/mol. The highest BCUT2D eigenvalue weighted by Crippen LogP contribution is 2.28. The lowest BCUT2D eigenvalue weighted by Crippen LogP contribution is -2.40. The third-order valence-corrected chi connectivity index (χ3v) is 7.82. The van der Waals surface area contributed by atoms with E-state index in [0.717, 1.165) is 43.2 Å².